The molecule has 2 aromatic rings. The third-order valence-electron chi connectivity index (χ3n) is 5.39. The van der Waals surface area contributed by atoms with Crippen molar-refractivity contribution in [3.05, 3.63) is 33.4 Å². The first kappa shape index (κ1) is 19.4. The Bertz CT molecular complexity index is 1020. The molecule has 0 spiro atoms. The molecule has 3 heterocycles. The first-order valence-corrected chi connectivity index (χ1v) is 11.4. The van der Waals surface area contributed by atoms with Gasteiger partial charge >= 0.3 is 0 Å². The molecule has 4 rings (SSSR count). The highest BCUT2D eigenvalue weighted by molar-refractivity contribution is 7.99. The molecule has 1 fully saturated rings. The van der Waals surface area contributed by atoms with Gasteiger partial charge in [0.15, 0.2) is 5.16 Å². The van der Waals surface area contributed by atoms with Crippen molar-refractivity contribution in [2.45, 2.75) is 50.7 Å². The molecular formula is C20H23N3O3S2. The highest BCUT2D eigenvalue weighted by Gasteiger charge is 2.28. The summed E-state index contributed by atoms with van der Waals surface area (Å²) in [6, 6.07) is 0. The average molecular weight is 418 g/mol. The molecule has 148 valence electrons. The van der Waals surface area contributed by atoms with Crippen LogP contribution in [0.5, 0.6) is 0 Å². The molecule has 2 aromatic heterocycles. The average Bonchev–Trinajstić information content (AvgIpc) is 3.25. The molecule has 28 heavy (non-hydrogen) atoms. The molecule has 0 aromatic carbocycles. The van der Waals surface area contributed by atoms with Crippen molar-refractivity contribution >= 4 is 45.1 Å². The van der Waals surface area contributed by atoms with Crippen LogP contribution in [0.2, 0.25) is 0 Å². The second kappa shape index (κ2) is 7.83. The first-order chi connectivity index (χ1) is 13.5. The van der Waals surface area contributed by atoms with E-state index in [0.717, 1.165) is 41.5 Å². The standard InChI is InChI=1S/C20H23N3O3S2/c1-3-8-23-19(26)17-13-7-6-12(2)10-14(13)28-18(17)21-20(23)27-11-16(25)22-9-4-5-15(22)24/h3,12H,1,4-11H2,2H3/t12-/m1/s1. The molecule has 0 N–H and O–H groups in total. The van der Waals surface area contributed by atoms with E-state index >= 15 is 0 Å². The second-order valence-corrected chi connectivity index (χ2v) is 9.49. The number of fused-ring (bicyclic) bond motifs is 3. The zero-order chi connectivity index (χ0) is 19.8. The van der Waals surface area contributed by atoms with Crippen LogP contribution in [-0.4, -0.2) is 38.6 Å². The van der Waals surface area contributed by atoms with Crippen LogP contribution in [0.15, 0.2) is 22.6 Å². The fourth-order valence-electron chi connectivity index (χ4n) is 3.92. The smallest absolute Gasteiger partial charge is 0.263 e. The lowest BCUT2D eigenvalue weighted by Gasteiger charge is -2.17. The van der Waals surface area contributed by atoms with Gasteiger partial charge < -0.3 is 0 Å². The molecule has 0 unspecified atom stereocenters. The largest absolute Gasteiger partial charge is 0.283 e. The van der Waals surface area contributed by atoms with E-state index in [4.69, 9.17) is 4.98 Å². The Kier molecular flexibility index (Phi) is 5.42. The van der Waals surface area contributed by atoms with Crippen LogP contribution < -0.4 is 5.56 Å². The Labute approximate surface area is 171 Å². The maximum Gasteiger partial charge on any atom is 0.263 e. The summed E-state index contributed by atoms with van der Waals surface area (Å²) < 4.78 is 1.60. The molecule has 1 saturated heterocycles. The zero-order valence-electron chi connectivity index (χ0n) is 15.9. The number of likely N-dealkylation sites (tertiary alicyclic amines) is 1. The predicted octanol–water partition coefficient (Wildman–Crippen LogP) is 3.01. The van der Waals surface area contributed by atoms with Crippen LogP contribution >= 0.6 is 23.1 Å². The van der Waals surface area contributed by atoms with Crippen molar-refractivity contribution in [2.75, 3.05) is 12.3 Å². The normalized spacial score (nSPS) is 19.2. The number of aromatic nitrogens is 2. The van der Waals surface area contributed by atoms with E-state index in [-0.39, 0.29) is 23.1 Å². The van der Waals surface area contributed by atoms with Crippen molar-refractivity contribution in [1.29, 1.82) is 0 Å². The number of carbonyl (C=O) groups excluding carboxylic acids is 2. The van der Waals surface area contributed by atoms with Crippen molar-refractivity contribution < 1.29 is 9.59 Å². The molecule has 2 amide bonds. The molecule has 0 saturated carbocycles. The molecule has 0 radical (unpaired) electrons. The van der Waals surface area contributed by atoms with Gasteiger partial charge in [0.1, 0.15) is 4.83 Å². The lowest BCUT2D eigenvalue weighted by molar-refractivity contribution is -0.140. The summed E-state index contributed by atoms with van der Waals surface area (Å²) >= 11 is 2.83. The molecule has 6 nitrogen and oxygen atoms in total. The van der Waals surface area contributed by atoms with Crippen LogP contribution in [0.1, 0.15) is 36.6 Å². The number of hydrogen-bond acceptors (Lipinski definition) is 6. The second-order valence-electron chi connectivity index (χ2n) is 7.46. The Morgan fingerprint density at radius 3 is 2.93 bits per heavy atom. The number of thioether (sulfide) groups is 1. The van der Waals surface area contributed by atoms with Gasteiger partial charge in [-0.1, -0.05) is 24.8 Å². The Balaban J connectivity index is 1.68. The topological polar surface area (TPSA) is 72.3 Å². The number of amides is 2. The van der Waals surface area contributed by atoms with E-state index in [1.807, 2.05) is 0 Å². The summed E-state index contributed by atoms with van der Waals surface area (Å²) in [5, 5.41) is 1.25. The van der Waals surface area contributed by atoms with Gasteiger partial charge in [-0.25, -0.2) is 4.98 Å². The van der Waals surface area contributed by atoms with Gasteiger partial charge in [-0.2, -0.15) is 0 Å². The van der Waals surface area contributed by atoms with Crippen LogP contribution in [0, 0.1) is 5.92 Å². The first-order valence-electron chi connectivity index (χ1n) is 9.61. The number of allylic oxidation sites excluding steroid dienone is 1. The minimum absolute atomic E-state index is 0.0517. The van der Waals surface area contributed by atoms with Gasteiger partial charge in [-0.3, -0.25) is 23.9 Å². The molecule has 0 bridgehead atoms. The lowest BCUT2D eigenvalue weighted by Crippen LogP contribution is -2.33. The number of nitrogens with zero attached hydrogens (tertiary/aromatic N) is 3. The van der Waals surface area contributed by atoms with E-state index in [2.05, 4.69) is 13.5 Å². The summed E-state index contributed by atoms with van der Waals surface area (Å²) in [6.07, 6.45) is 5.83. The van der Waals surface area contributed by atoms with Crippen LogP contribution in [-0.2, 0) is 29.0 Å². The van der Waals surface area contributed by atoms with Crippen molar-refractivity contribution in [3.8, 4) is 0 Å². The van der Waals surface area contributed by atoms with Gasteiger partial charge in [-0.15, -0.1) is 17.9 Å². The molecule has 1 aliphatic carbocycles. The van der Waals surface area contributed by atoms with E-state index in [1.165, 1.54) is 21.5 Å². The van der Waals surface area contributed by atoms with Gasteiger partial charge in [0, 0.05) is 24.4 Å². The highest BCUT2D eigenvalue weighted by atomic mass is 32.2. The van der Waals surface area contributed by atoms with Crippen molar-refractivity contribution in [1.82, 2.24) is 14.5 Å². The van der Waals surface area contributed by atoms with Gasteiger partial charge in [0.25, 0.3) is 5.56 Å². The monoisotopic (exact) mass is 417 g/mol. The molecule has 8 heteroatoms. The Morgan fingerprint density at radius 1 is 1.39 bits per heavy atom. The van der Waals surface area contributed by atoms with Gasteiger partial charge in [0.05, 0.1) is 11.1 Å². The number of thiophene rings is 1. The number of imide groups is 1. The zero-order valence-corrected chi connectivity index (χ0v) is 17.5. The summed E-state index contributed by atoms with van der Waals surface area (Å²) in [6.45, 7) is 6.83. The van der Waals surface area contributed by atoms with E-state index in [0.29, 0.717) is 30.6 Å². The lowest BCUT2D eigenvalue weighted by atomic mass is 9.89. The number of carbonyl (C=O) groups is 2. The summed E-state index contributed by atoms with van der Waals surface area (Å²) in [5.41, 5.74) is 1.10. The molecule has 1 atom stereocenters. The Hall–Kier alpha value is -1.93. The quantitative estimate of drug-likeness (QED) is 0.425. The van der Waals surface area contributed by atoms with Crippen LogP contribution in [0.4, 0.5) is 0 Å². The fraction of sp³-hybridized carbons (Fsp3) is 0.500. The van der Waals surface area contributed by atoms with E-state index in [9.17, 15) is 14.4 Å². The summed E-state index contributed by atoms with van der Waals surface area (Å²) in [7, 11) is 0. The van der Waals surface area contributed by atoms with Crippen LogP contribution in [0.25, 0.3) is 10.2 Å². The predicted molar refractivity (Wildman–Crippen MR) is 112 cm³/mol. The molecular weight excluding hydrogens is 394 g/mol. The van der Waals surface area contributed by atoms with Crippen LogP contribution in [0.3, 0.4) is 0 Å². The van der Waals surface area contributed by atoms with Gasteiger partial charge in [0.2, 0.25) is 11.8 Å². The minimum atomic E-state index is -0.216. The fourth-order valence-corrected chi connectivity index (χ4v) is 6.23. The molecule has 1 aliphatic heterocycles. The van der Waals surface area contributed by atoms with E-state index in [1.54, 1.807) is 22.0 Å². The van der Waals surface area contributed by atoms with E-state index < -0.39 is 0 Å². The number of hydrogen-bond donors (Lipinski definition) is 0. The van der Waals surface area contributed by atoms with Crippen molar-refractivity contribution in [2.24, 2.45) is 5.92 Å². The van der Waals surface area contributed by atoms with Gasteiger partial charge in [-0.05, 0) is 37.2 Å². The maximum absolute atomic E-state index is 13.2. The highest BCUT2D eigenvalue weighted by Crippen LogP contribution is 2.36. The number of rotatable bonds is 5. The SMILES string of the molecule is C=CCn1c(SCC(=O)N2CCCC2=O)nc2sc3c(c2c1=O)CC[C@@H](C)C3. The summed E-state index contributed by atoms with van der Waals surface area (Å²) in [4.78, 5) is 45.5. The summed E-state index contributed by atoms with van der Waals surface area (Å²) in [5.74, 6) is 0.396. The molecule has 2 aliphatic rings. The van der Waals surface area contributed by atoms with Crippen molar-refractivity contribution in [3.63, 3.8) is 0 Å². The maximum atomic E-state index is 13.2. The minimum Gasteiger partial charge on any atom is -0.283 e. The third kappa shape index (κ3) is 3.43. The third-order valence-corrected chi connectivity index (χ3v) is 7.50. The number of aryl methyl sites for hydroxylation is 1. The Morgan fingerprint density at radius 2 is 2.21 bits per heavy atom.